The average molecular weight is 369 g/mol. The van der Waals surface area contributed by atoms with E-state index < -0.39 is 16.8 Å². The molecule has 0 radical (unpaired) electrons. The minimum absolute atomic E-state index is 0.233. The second-order valence-electron chi connectivity index (χ2n) is 5.80. The van der Waals surface area contributed by atoms with Gasteiger partial charge in [0.05, 0.1) is 21.3 Å². The van der Waals surface area contributed by atoms with Gasteiger partial charge in [-0.05, 0) is 25.1 Å². The van der Waals surface area contributed by atoms with Crippen LogP contribution in [0.15, 0.2) is 53.4 Å². The molecule has 2 aromatic carbocycles. The Kier molecular flexibility index (Phi) is 5.32. The summed E-state index contributed by atoms with van der Waals surface area (Å²) in [6, 6.07) is 14.1. The Labute approximate surface area is 153 Å². The lowest BCUT2D eigenvalue weighted by Crippen LogP contribution is -2.16. The fraction of sp³-hybridized carbons (Fsp3) is 0.200. The quantitative estimate of drug-likeness (QED) is 0.532. The van der Waals surface area contributed by atoms with E-state index in [1.54, 1.807) is 31.2 Å². The van der Waals surface area contributed by atoms with Gasteiger partial charge in [-0.2, -0.15) is 0 Å². The van der Waals surface area contributed by atoms with E-state index in [2.05, 4.69) is 4.98 Å². The number of ketones is 1. The summed E-state index contributed by atoms with van der Waals surface area (Å²) in [4.78, 5) is 28.6. The molecule has 0 saturated heterocycles. The van der Waals surface area contributed by atoms with Gasteiger partial charge in [0.15, 0.2) is 6.61 Å². The summed E-state index contributed by atoms with van der Waals surface area (Å²) >= 11 is 0. The van der Waals surface area contributed by atoms with Gasteiger partial charge >= 0.3 is 5.97 Å². The summed E-state index contributed by atoms with van der Waals surface area (Å²) in [5, 5.41) is 0.804. The smallest absolute Gasteiger partial charge is 0.339 e. The molecule has 0 aliphatic heterocycles. The van der Waals surface area contributed by atoms with Crippen LogP contribution >= 0.6 is 0 Å². The minimum Gasteiger partial charge on any atom is -0.454 e. The van der Waals surface area contributed by atoms with Crippen LogP contribution in [-0.2, 0) is 15.5 Å². The fourth-order valence-electron chi connectivity index (χ4n) is 2.91. The highest BCUT2D eigenvalue weighted by Crippen LogP contribution is 2.22. The molecule has 0 bridgehead atoms. The number of Topliss-reactive ketones (excluding diaryl/α,β-unsaturated/α-hetero) is 1. The van der Waals surface area contributed by atoms with Crippen LogP contribution in [0.1, 0.15) is 33.3 Å². The van der Waals surface area contributed by atoms with Gasteiger partial charge in [-0.25, -0.2) is 4.79 Å². The van der Waals surface area contributed by atoms with E-state index in [1.165, 1.54) is 0 Å². The van der Waals surface area contributed by atoms with Crippen LogP contribution in [0.25, 0.3) is 10.9 Å². The Hall–Kier alpha value is -2.73. The van der Waals surface area contributed by atoms with Crippen LogP contribution in [0.3, 0.4) is 0 Å². The first-order chi connectivity index (χ1) is 12.5. The second kappa shape index (κ2) is 7.66. The monoisotopic (exact) mass is 369 g/mol. The zero-order valence-electron chi connectivity index (χ0n) is 14.6. The molecule has 6 heteroatoms. The van der Waals surface area contributed by atoms with Gasteiger partial charge in [-0.3, -0.25) is 9.00 Å². The van der Waals surface area contributed by atoms with Crippen LogP contribution in [0, 0.1) is 6.92 Å². The Morgan fingerprint density at radius 3 is 2.54 bits per heavy atom. The Morgan fingerprint density at radius 1 is 1.08 bits per heavy atom. The molecule has 1 unspecified atom stereocenters. The van der Waals surface area contributed by atoms with Crippen LogP contribution in [0.2, 0.25) is 0 Å². The van der Waals surface area contributed by atoms with Gasteiger partial charge < -0.3 is 9.72 Å². The van der Waals surface area contributed by atoms with Crippen molar-refractivity contribution in [2.24, 2.45) is 0 Å². The summed E-state index contributed by atoms with van der Waals surface area (Å²) in [5.74, 6) is -0.520. The Morgan fingerprint density at radius 2 is 1.77 bits per heavy atom. The predicted molar refractivity (Wildman–Crippen MR) is 101 cm³/mol. The third kappa shape index (κ3) is 3.46. The van der Waals surface area contributed by atoms with Crippen molar-refractivity contribution in [1.29, 1.82) is 0 Å². The molecule has 0 saturated carbocycles. The first-order valence-electron chi connectivity index (χ1n) is 8.28. The number of hydrogen-bond donors (Lipinski definition) is 1. The van der Waals surface area contributed by atoms with E-state index >= 15 is 0 Å². The summed E-state index contributed by atoms with van der Waals surface area (Å²) < 4.78 is 17.3. The molecule has 1 N–H and O–H groups in total. The topological polar surface area (TPSA) is 76.2 Å². The maximum absolute atomic E-state index is 12.6. The molecule has 0 spiro atoms. The number of aryl methyl sites for hydroxylation is 1. The lowest BCUT2D eigenvalue weighted by molar-refractivity contribution is 0.0471. The first kappa shape index (κ1) is 18.1. The third-order valence-corrected chi connectivity index (χ3v) is 5.49. The molecule has 1 atom stereocenters. The molecule has 0 fully saturated rings. The highest BCUT2D eigenvalue weighted by molar-refractivity contribution is 7.85. The van der Waals surface area contributed by atoms with Crippen molar-refractivity contribution in [2.45, 2.75) is 18.7 Å². The highest BCUT2D eigenvalue weighted by atomic mass is 32.2. The molecular formula is C20H19NO4S. The molecular weight excluding hydrogens is 350 g/mol. The molecule has 1 heterocycles. The highest BCUT2D eigenvalue weighted by Gasteiger charge is 2.20. The molecule has 134 valence electrons. The normalized spacial score (nSPS) is 12.1. The number of aromatic amines is 1. The summed E-state index contributed by atoms with van der Waals surface area (Å²) in [6.45, 7) is 3.23. The van der Waals surface area contributed by atoms with Crippen LogP contribution in [-0.4, -0.2) is 33.3 Å². The number of benzene rings is 2. The van der Waals surface area contributed by atoms with E-state index in [1.807, 2.05) is 31.2 Å². The number of fused-ring (bicyclic) bond motifs is 1. The molecule has 3 rings (SSSR count). The molecule has 0 amide bonds. The van der Waals surface area contributed by atoms with Crippen molar-refractivity contribution >= 4 is 33.5 Å². The summed E-state index contributed by atoms with van der Waals surface area (Å²) in [6.07, 6.45) is 0. The number of hydrogen-bond acceptors (Lipinski definition) is 4. The summed E-state index contributed by atoms with van der Waals surface area (Å²) in [5.41, 5.74) is 2.36. The number of para-hydroxylation sites is 1. The van der Waals surface area contributed by atoms with Crippen molar-refractivity contribution in [3.05, 3.63) is 65.4 Å². The number of carbonyl (C=O) groups excluding carboxylic acids is 2. The Bertz CT molecular complexity index is 1010. The maximum Gasteiger partial charge on any atom is 0.339 e. The molecule has 3 aromatic rings. The van der Waals surface area contributed by atoms with Crippen LogP contribution in [0.4, 0.5) is 0 Å². The van der Waals surface area contributed by atoms with Gasteiger partial charge in [0.25, 0.3) is 0 Å². The van der Waals surface area contributed by atoms with Gasteiger partial charge in [0.1, 0.15) is 0 Å². The van der Waals surface area contributed by atoms with E-state index in [9.17, 15) is 13.8 Å². The number of esters is 1. The van der Waals surface area contributed by atoms with Crippen molar-refractivity contribution in [3.63, 3.8) is 0 Å². The minimum atomic E-state index is -1.28. The SMILES string of the molecule is CCS(=O)c1ccccc1C(=O)OCC(=O)c1c(C)[nH]c2ccccc12. The van der Waals surface area contributed by atoms with Crippen molar-refractivity contribution in [3.8, 4) is 0 Å². The number of rotatable bonds is 6. The van der Waals surface area contributed by atoms with Gasteiger partial charge in [0.2, 0.25) is 5.78 Å². The van der Waals surface area contributed by atoms with E-state index in [0.717, 1.165) is 16.6 Å². The standard InChI is InChI=1S/C20H19NO4S/c1-3-26(24)18-11-7-5-9-15(18)20(23)25-12-17(22)19-13(2)21-16-10-6-4-8-14(16)19/h4-11,21H,3,12H2,1-2H3. The van der Waals surface area contributed by atoms with Gasteiger partial charge in [-0.1, -0.05) is 37.3 Å². The van der Waals surface area contributed by atoms with E-state index in [-0.39, 0.29) is 18.0 Å². The second-order valence-corrected chi connectivity index (χ2v) is 7.51. The zero-order chi connectivity index (χ0) is 18.7. The first-order valence-corrected chi connectivity index (χ1v) is 9.59. The zero-order valence-corrected chi connectivity index (χ0v) is 15.4. The lowest BCUT2D eigenvalue weighted by Gasteiger charge is -2.08. The molecule has 0 aliphatic carbocycles. The van der Waals surface area contributed by atoms with Gasteiger partial charge in [-0.15, -0.1) is 0 Å². The number of ether oxygens (including phenoxy) is 1. The Balaban J connectivity index is 1.79. The van der Waals surface area contributed by atoms with Crippen LogP contribution in [0.5, 0.6) is 0 Å². The predicted octanol–water partition coefficient (Wildman–Crippen LogP) is 3.64. The lowest BCUT2D eigenvalue weighted by atomic mass is 10.1. The largest absolute Gasteiger partial charge is 0.454 e. The average Bonchev–Trinajstić information content (AvgIpc) is 3.01. The van der Waals surface area contributed by atoms with Crippen molar-refractivity contribution in [1.82, 2.24) is 4.98 Å². The number of H-pyrrole nitrogens is 1. The van der Waals surface area contributed by atoms with E-state index in [0.29, 0.717) is 16.2 Å². The molecule has 0 aliphatic rings. The summed E-state index contributed by atoms with van der Waals surface area (Å²) in [7, 11) is -1.28. The number of carbonyl (C=O) groups is 2. The molecule has 1 aromatic heterocycles. The fourth-order valence-corrected chi connectivity index (χ4v) is 3.84. The number of aromatic nitrogens is 1. The maximum atomic E-state index is 12.6. The molecule has 5 nitrogen and oxygen atoms in total. The van der Waals surface area contributed by atoms with Crippen molar-refractivity contribution in [2.75, 3.05) is 12.4 Å². The third-order valence-electron chi connectivity index (χ3n) is 4.12. The van der Waals surface area contributed by atoms with Crippen molar-refractivity contribution < 1.29 is 18.5 Å². The molecule has 26 heavy (non-hydrogen) atoms. The van der Waals surface area contributed by atoms with Gasteiger partial charge in [0, 0.05) is 27.9 Å². The van der Waals surface area contributed by atoms with E-state index in [4.69, 9.17) is 4.74 Å². The number of nitrogens with one attached hydrogen (secondary N) is 1. The van der Waals surface area contributed by atoms with Crippen LogP contribution < -0.4 is 0 Å².